The molecule has 1 aliphatic rings. The van der Waals surface area contributed by atoms with E-state index in [1.54, 1.807) is 6.07 Å². The summed E-state index contributed by atoms with van der Waals surface area (Å²) in [5, 5.41) is 10.2. The first-order chi connectivity index (χ1) is 14.5. The van der Waals surface area contributed by atoms with Crippen LogP contribution in [0.4, 0.5) is 8.78 Å². The zero-order valence-corrected chi connectivity index (χ0v) is 16.0. The molecular formula is C25H17F2NO2. The van der Waals surface area contributed by atoms with Gasteiger partial charge in [-0.25, -0.2) is 18.6 Å². The number of fused-ring (bicyclic) bond motifs is 4. The van der Waals surface area contributed by atoms with Gasteiger partial charge in [-0.1, -0.05) is 30.3 Å². The molecule has 5 heteroatoms. The summed E-state index contributed by atoms with van der Waals surface area (Å²) in [5.41, 5.74) is 5.44. The van der Waals surface area contributed by atoms with Crippen molar-refractivity contribution in [3.05, 3.63) is 89.0 Å². The number of aryl methyl sites for hydroxylation is 1. The SMILES string of the molecule is O=C(O)c1c2c(nc3ccc(F)cc13)-c1ccc(-c3cccc(F)c3)cc1CCC2. The smallest absolute Gasteiger partial charge is 0.336 e. The maximum absolute atomic E-state index is 13.8. The minimum absolute atomic E-state index is 0.122. The molecule has 0 atom stereocenters. The number of halogens is 2. The average molecular weight is 401 g/mol. The highest BCUT2D eigenvalue weighted by molar-refractivity contribution is 6.06. The molecule has 0 bridgehead atoms. The molecule has 30 heavy (non-hydrogen) atoms. The molecule has 0 saturated carbocycles. The van der Waals surface area contributed by atoms with Gasteiger partial charge < -0.3 is 5.11 Å². The standard InChI is InChI=1S/C25H17F2NO2/c26-17-5-1-3-14(12-17)15-7-9-19-16(11-15)4-2-6-20-23(25(29)30)21-13-18(27)8-10-22(21)28-24(19)20/h1,3,5,7-13H,2,4,6H2,(H,29,30). The highest BCUT2D eigenvalue weighted by atomic mass is 19.1. The molecule has 0 fully saturated rings. The van der Waals surface area contributed by atoms with Crippen molar-refractivity contribution in [3.8, 4) is 22.4 Å². The van der Waals surface area contributed by atoms with Crippen molar-refractivity contribution < 1.29 is 18.7 Å². The predicted octanol–water partition coefficient (Wildman–Crippen LogP) is 6.03. The lowest BCUT2D eigenvalue weighted by atomic mass is 9.93. The van der Waals surface area contributed by atoms with Gasteiger partial charge >= 0.3 is 5.97 Å². The molecule has 0 spiro atoms. The predicted molar refractivity (Wildman–Crippen MR) is 112 cm³/mol. The summed E-state index contributed by atoms with van der Waals surface area (Å²) in [4.78, 5) is 16.8. The Balaban J connectivity index is 1.75. The Morgan fingerprint density at radius 2 is 1.70 bits per heavy atom. The molecule has 3 aromatic carbocycles. The molecule has 0 amide bonds. The molecule has 3 nitrogen and oxygen atoms in total. The molecule has 0 aliphatic heterocycles. The first-order valence-corrected chi connectivity index (χ1v) is 9.76. The van der Waals surface area contributed by atoms with Gasteiger partial charge in [-0.05, 0) is 71.8 Å². The van der Waals surface area contributed by atoms with Crippen LogP contribution >= 0.6 is 0 Å². The summed E-state index contributed by atoms with van der Waals surface area (Å²) in [6.45, 7) is 0. The van der Waals surface area contributed by atoms with Crippen LogP contribution in [0.2, 0.25) is 0 Å². The third-order valence-corrected chi connectivity index (χ3v) is 5.65. The molecule has 0 radical (unpaired) electrons. The van der Waals surface area contributed by atoms with Crippen molar-refractivity contribution >= 4 is 16.9 Å². The molecule has 1 N–H and O–H groups in total. The van der Waals surface area contributed by atoms with Gasteiger partial charge in [0.2, 0.25) is 0 Å². The van der Waals surface area contributed by atoms with E-state index in [1.807, 2.05) is 24.3 Å². The number of carboxylic acid groups (broad SMARTS) is 1. The maximum Gasteiger partial charge on any atom is 0.336 e. The Bertz CT molecular complexity index is 1330. The molecule has 5 rings (SSSR count). The Morgan fingerprint density at radius 3 is 2.50 bits per heavy atom. The van der Waals surface area contributed by atoms with Gasteiger partial charge in [0.15, 0.2) is 0 Å². The number of hydrogen-bond donors (Lipinski definition) is 1. The van der Waals surface area contributed by atoms with Gasteiger partial charge in [0.05, 0.1) is 16.8 Å². The van der Waals surface area contributed by atoms with E-state index in [1.165, 1.54) is 30.3 Å². The average Bonchev–Trinajstić information content (AvgIpc) is 2.90. The molecule has 0 unspecified atom stereocenters. The van der Waals surface area contributed by atoms with E-state index in [9.17, 15) is 18.7 Å². The Hall–Kier alpha value is -3.60. The fourth-order valence-electron chi connectivity index (χ4n) is 4.32. The van der Waals surface area contributed by atoms with Gasteiger partial charge in [-0.2, -0.15) is 0 Å². The van der Waals surface area contributed by atoms with E-state index in [2.05, 4.69) is 0 Å². The number of hydrogen-bond acceptors (Lipinski definition) is 2. The van der Waals surface area contributed by atoms with E-state index in [0.29, 0.717) is 28.6 Å². The Morgan fingerprint density at radius 1 is 0.900 bits per heavy atom. The second-order valence-corrected chi connectivity index (χ2v) is 7.52. The van der Waals surface area contributed by atoms with Crippen molar-refractivity contribution in [2.24, 2.45) is 0 Å². The fraction of sp³-hybridized carbons (Fsp3) is 0.120. The lowest BCUT2D eigenvalue weighted by Crippen LogP contribution is -2.07. The van der Waals surface area contributed by atoms with Crippen LogP contribution < -0.4 is 0 Å². The second-order valence-electron chi connectivity index (χ2n) is 7.52. The lowest BCUT2D eigenvalue weighted by Gasteiger charge is -2.15. The number of carbonyl (C=O) groups is 1. The lowest BCUT2D eigenvalue weighted by molar-refractivity contribution is 0.0698. The topological polar surface area (TPSA) is 50.2 Å². The number of pyridine rings is 1. The molecule has 4 aromatic rings. The normalized spacial score (nSPS) is 12.9. The van der Waals surface area contributed by atoms with Gasteiger partial charge in [0.25, 0.3) is 0 Å². The van der Waals surface area contributed by atoms with E-state index in [4.69, 9.17) is 4.98 Å². The minimum Gasteiger partial charge on any atom is -0.478 e. The number of carboxylic acids is 1. The first-order valence-electron chi connectivity index (χ1n) is 9.76. The molecule has 148 valence electrons. The molecule has 1 aliphatic carbocycles. The van der Waals surface area contributed by atoms with Crippen LogP contribution in [0, 0.1) is 11.6 Å². The summed E-state index contributed by atoms with van der Waals surface area (Å²) in [6, 6.07) is 16.3. The van der Waals surface area contributed by atoms with Gasteiger partial charge in [-0.3, -0.25) is 0 Å². The monoisotopic (exact) mass is 401 g/mol. The number of aromatic nitrogens is 1. The molecule has 1 aromatic heterocycles. The number of aromatic carboxylic acids is 1. The van der Waals surface area contributed by atoms with Crippen LogP contribution in [0.25, 0.3) is 33.3 Å². The van der Waals surface area contributed by atoms with Crippen LogP contribution in [-0.2, 0) is 12.8 Å². The van der Waals surface area contributed by atoms with Gasteiger partial charge in [-0.15, -0.1) is 0 Å². The van der Waals surface area contributed by atoms with E-state index >= 15 is 0 Å². The van der Waals surface area contributed by atoms with Crippen LogP contribution in [-0.4, -0.2) is 16.1 Å². The maximum atomic E-state index is 13.8. The number of rotatable bonds is 2. The summed E-state index contributed by atoms with van der Waals surface area (Å²) in [7, 11) is 0. The molecule has 0 saturated heterocycles. The van der Waals surface area contributed by atoms with Crippen LogP contribution in [0.15, 0.2) is 60.7 Å². The third kappa shape index (κ3) is 3.03. The Kier molecular flexibility index (Phi) is 4.31. The summed E-state index contributed by atoms with van der Waals surface area (Å²) in [5.74, 6) is -1.86. The fourth-order valence-corrected chi connectivity index (χ4v) is 4.32. The van der Waals surface area contributed by atoms with Crippen LogP contribution in [0.1, 0.15) is 27.9 Å². The first kappa shape index (κ1) is 18.4. The highest BCUT2D eigenvalue weighted by Crippen LogP contribution is 2.38. The number of benzene rings is 3. The van der Waals surface area contributed by atoms with Gasteiger partial charge in [0.1, 0.15) is 11.6 Å². The third-order valence-electron chi connectivity index (χ3n) is 5.65. The van der Waals surface area contributed by atoms with Crippen molar-refractivity contribution in [2.75, 3.05) is 0 Å². The number of nitrogens with zero attached hydrogens (tertiary/aromatic N) is 1. The van der Waals surface area contributed by atoms with Crippen LogP contribution in [0.5, 0.6) is 0 Å². The van der Waals surface area contributed by atoms with E-state index < -0.39 is 11.8 Å². The van der Waals surface area contributed by atoms with Crippen LogP contribution in [0.3, 0.4) is 0 Å². The van der Waals surface area contributed by atoms with Crippen molar-refractivity contribution in [1.29, 1.82) is 0 Å². The summed E-state index contributed by atoms with van der Waals surface area (Å²) < 4.78 is 27.5. The summed E-state index contributed by atoms with van der Waals surface area (Å²) in [6.07, 6.45) is 2.04. The van der Waals surface area contributed by atoms with Gasteiger partial charge in [0, 0.05) is 10.9 Å². The van der Waals surface area contributed by atoms with Crippen molar-refractivity contribution in [2.45, 2.75) is 19.3 Å². The van der Waals surface area contributed by atoms with Crippen molar-refractivity contribution in [1.82, 2.24) is 4.98 Å². The summed E-state index contributed by atoms with van der Waals surface area (Å²) >= 11 is 0. The minimum atomic E-state index is -1.08. The van der Waals surface area contributed by atoms with E-state index in [0.717, 1.165) is 35.1 Å². The zero-order chi connectivity index (χ0) is 20.8. The highest BCUT2D eigenvalue weighted by Gasteiger charge is 2.25. The largest absolute Gasteiger partial charge is 0.478 e. The second kappa shape index (κ2) is 7.02. The molecule has 1 heterocycles. The Labute approximate surface area is 171 Å². The van der Waals surface area contributed by atoms with E-state index in [-0.39, 0.29) is 11.4 Å². The van der Waals surface area contributed by atoms with Crippen molar-refractivity contribution in [3.63, 3.8) is 0 Å². The molecular weight excluding hydrogens is 384 g/mol. The quantitative estimate of drug-likeness (QED) is 0.446. The zero-order valence-electron chi connectivity index (χ0n) is 16.0.